The van der Waals surface area contributed by atoms with Gasteiger partial charge in [-0.15, -0.1) is 11.3 Å². The zero-order valence-electron chi connectivity index (χ0n) is 12.3. The maximum atomic E-state index is 12.3. The SMILES string of the molecule is CCC(C)n1nccc1NC(=O)c1csc(-c2ccco2)n1. The summed E-state index contributed by atoms with van der Waals surface area (Å²) < 4.78 is 7.09. The van der Waals surface area contributed by atoms with E-state index in [1.165, 1.54) is 11.3 Å². The fraction of sp³-hybridized carbons (Fsp3) is 0.267. The molecule has 1 atom stereocenters. The standard InChI is InChI=1S/C15H16N4O2S/c1-3-10(2)19-13(6-7-16-19)18-14(20)11-9-22-15(17-11)12-5-4-8-21-12/h4-10H,3H2,1-2H3,(H,18,20). The molecule has 1 N–H and O–H groups in total. The molecule has 0 radical (unpaired) electrons. The molecule has 3 rings (SSSR count). The smallest absolute Gasteiger partial charge is 0.276 e. The number of nitrogens with zero attached hydrogens (tertiary/aromatic N) is 3. The van der Waals surface area contributed by atoms with Crippen LogP contribution in [0.2, 0.25) is 0 Å². The third-order valence-corrected chi connectivity index (χ3v) is 4.25. The van der Waals surface area contributed by atoms with E-state index in [1.807, 2.05) is 6.07 Å². The zero-order valence-corrected chi connectivity index (χ0v) is 13.1. The van der Waals surface area contributed by atoms with Gasteiger partial charge in [-0.25, -0.2) is 9.67 Å². The second-order valence-corrected chi connectivity index (χ2v) is 5.75. The molecule has 0 saturated carbocycles. The third-order valence-electron chi connectivity index (χ3n) is 3.39. The van der Waals surface area contributed by atoms with Crippen LogP contribution in [0.15, 0.2) is 40.5 Å². The van der Waals surface area contributed by atoms with Gasteiger partial charge < -0.3 is 9.73 Å². The summed E-state index contributed by atoms with van der Waals surface area (Å²) in [5.41, 5.74) is 0.369. The zero-order chi connectivity index (χ0) is 15.5. The van der Waals surface area contributed by atoms with E-state index in [-0.39, 0.29) is 11.9 Å². The van der Waals surface area contributed by atoms with E-state index in [2.05, 4.69) is 29.2 Å². The van der Waals surface area contributed by atoms with E-state index in [9.17, 15) is 4.79 Å². The van der Waals surface area contributed by atoms with Crippen molar-refractivity contribution in [3.8, 4) is 10.8 Å². The van der Waals surface area contributed by atoms with E-state index in [1.54, 1.807) is 34.7 Å². The van der Waals surface area contributed by atoms with Gasteiger partial charge in [-0.05, 0) is 25.5 Å². The lowest BCUT2D eigenvalue weighted by atomic mass is 10.3. The molecule has 0 bridgehead atoms. The molecule has 0 aliphatic carbocycles. The highest BCUT2D eigenvalue weighted by atomic mass is 32.1. The minimum Gasteiger partial charge on any atom is -0.462 e. The van der Waals surface area contributed by atoms with Crippen LogP contribution in [-0.2, 0) is 0 Å². The molecule has 3 aromatic rings. The topological polar surface area (TPSA) is 73.0 Å². The molecular formula is C15H16N4O2S. The predicted octanol–water partition coefficient (Wildman–Crippen LogP) is 3.82. The lowest BCUT2D eigenvalue weighted by Gasteiger charge is -2.13. The number of carbonyl (C=O) groups excluding carboxylic acids is 1. The molecule has 0 aliphatic rings. The Bertz CT molecular complexity index is 760. The van der Waals surface area contributed by atoms with Gasteiger partial charge in [-0.1, -0.05) is 6.92 Å². The van der Waals surface area contributed by atoms with E-state index >= 15 is 0 Å². The highest BCUT2D eigenvalue weighted by Gasteiger charge is 2.16. The molecule has 0 saturated heterocycles. The Morgan fingerprint density at radius 3 is 3.09 bits per heavy atom. The summed E-state index contributed by atoms with van der Waals surface area (Å²) in [6.45, 7) is 4.13. The Kier molecular flexibility index (Phi) is 4.06. The summed E-state index contributed by atoms with van der Waals surface area (Å²) in [5, 5.41) is 9.51. The van der Waals surface area contributed by atoms with E-state index in [4.69, 9.17) is 4.42 Å². The minimum atomic E-state index is -0.251. The van der Waals surface area contributed by atoms with Gasteiger partial charge in [0.05, 0.1) is 18.5 Å². The molecule has 7 heteroatoms. The van der Waals surface area contributed by atoms with Crippen molar-refractivity contribution in [2.45, 2.75) is 26.3 Å². The Morgan fingerprint density at radius 1 is 1.50 bits per heavy atom. The maximum Gasteiger partial charge on any atom is 0.276 e. The van der Waals surface area contributed by atoms with E-state index in [0.29, 0.717) is 22.3 Å². The van der Waals surface area contributed by atoms with Crippen molar-refractivity contribution in [1.82, 2.24) is 14.8 Å². The molecule has 3 aromatic heterocycles. The van der Waals surface area contributed by atoms with Crippen LogP contribution in [0.25, 0.3) is 10.8 Å². The number of amides is 1. The van der Waals surface area contributed by atoms with Gasteiger partial charge >= 0.3 is 0 Å². The van der Waals surface area contributed by atoms with Crippen LogP contribution in [0.1, 0.15) is 36.8 Å². The van der Waals surface area contributed by atoms with Crippen molar-refractivity contribution in [3.05, 3.63) is 41.7 Å². The van der Waals surface area contributed by atoms with Crippen LogP contribution in [0.4, 0.5) is 5.82 Å². The maximum absolute atomic E-state index is 12.3. The Balaban J connectivity index is 1.77. The first-order valence-electron chi connectivity index (χ1n) is 7.03. The first-order valence-corrected chi connectivity index (χ1v) is 7.91. The number of aromatic nitrogens is 3. The van der Waals surface area contributed by atoms with Gasteiger partial charge in [0.2, 0.25) is 0 Å². The summed E-state index contributed by atoms with van der Waals surface area (Å²) in [4.78, 5) is 16.6. The Hall–Kier alpha value is -2.41. The van der Waals surface area contributed by atoms with Crippen molar-refractivity contribution in [2.24, 2.45) is 0 Å². The predicted molar refractivity (Wildman–Crippen MR) is 85.0 cm³/mol. The van der Waals surface area contributed by atoms with Crippen molar-refractivity contribution in [2.75, 3.05) is 5.32 Å². The fourth-order valence-corrected chi connectivity index (χ4v) is 2.78. The fourth-order valence-electron chi connectivity index (χ4n) is 2.01. The van der Waals surface area contributed by atoms with Gasteiger partial charge in [0.1, 0.15) is 11.5 Å². The second kappa shape index (κ2) is 6.15. The molecule has 1 unspecified atom stereocenters. The van der Waals surface area contributed by atoms with Crippen molar-refractivity contribution >= 4 is 23.1 Å². The number of furan rings is 1. The normalized spacial score (nSPS) is 12.3. The van der Waals surface area contributed by atoms with Crippen LogP contribution in [0.5, 0.6) is 0 Å². The first-order chi connectivity index (χ1) is 10.7. The molecule has 6 nitrogen and oxygen atoms in total. The number of anilines is 1. The lowest BCUT2D eigenvalue weighted by Crippen LogP contribution is -2.17. The van der Waals surface area contributed by atoms with Crippen molar-refractivity contribution < 1.29 is 9.21 Å². The molecule has 1 amide bonds. The number of nitrogens with one attached hydrogen (secondary N) is 1. The van der Waals surface area contributed by atoms with Crippen LogP contribution in [-0.4, -0.2) is 20.7 Å². The van der Waals surface area contributed by atoms with Gasteiger partial charge in [0.15, 0.2) is 10.8 Å². The summed E-state index contributed by atoms with van der Waals surface area (Å²) in [6, 6.07) is 5.61. The van der Waals surface area contributed by atoms with Gasteiger partial charge in [-0.2, -0.15) is 5.10 Å². The summed E-state index contributed by atoms with van der Waals surface area (Å²) in [6.07, 6.45) is 4.20. The third kappa shape index (κ3) is 2.80. The molecule has 3 heterocycles. The van der Waals surface area contributed by atoms with Crippen LogP contribution < -0.4 is 5.32 Å². The summed E-state index contributed by atoms with van der Waals surface area (Å²) in [7, 11) is 0. The van der Waals surface area contributed by atoms with Crippen LogP contribution in [0.3, 0.4) is 0 Å². The molecule has 114 valence electrons. The Morgan fingerprint density at radius 2 is 2.36 bits per heavy atom. The highest BCUT2D eigenvalue weighted by Crippen LogP contribution is 2.24. The monoisotopic (exact) mass is 316 g/mol. The average molecular weight is 316 g/mol. The number of hydrogen-bond acceptors (Lipinski definition) is 5. The van der Waals surface area contributed by atoms with Crippen molar-refractivity contribution in [3.63, 3.8) is 0 Å². The molecule has 0 spiro atoms. The molecule has 0 fully saturated rings. The summed E-state index contributed by atoms with van der Waals surface area (Å²) in [5.74, 6) is 1.08. The number of rotatable bonds is 5. The molecule has 0 aromatic carbocycles. The first kappa shape index (κ1) is 14.5. The van der Waals surface area contributed by atoms with Gasteiger partial charge in [0, 0.05) is 11.4 Å². The quantitative estimate of drug-likeness (QED) is 0.776. The summed E-state index contributed by atoms with van der Waals surface area (Å²) >= 11 is 1.38. The minimum absolute atomic E-state index is 0.222. The lowest BCUT2D eigenvalue weighted by molar-refractivity contribution is 0.102. The molecule has 0 aliphatic heterocycles. The van der Waals surface area contributed by atoms with E-state index < -0.39 is 0 Å². The van der Waals surface area contributed by atoms with Crippen LogP contribution >= 0.6 is 11.3 Å². The number of carbonyl (C=O) groups is 1. The van der Waals surface area contributed by atoms with E-state index in [0.717, 1.165) is 6.42 Å². The second-order valence-electron chi connectivity index (χ2n) is 4.89. The number of hydrogen-bond donors (Lipinski definition) is 1. The van der Waals surface area contributed by atoms with Crippen molar-refractivity contribution in [1.29, 1.82) is 0 Å². The molecular weight excluding hydrogens is 300 g/mol. The van der Waals surface area contributed by atoms with Gasteiger partial charge in [0.25, 0.3) is 5.91 Å². The average Bonchev–Trinajstić information content (AvgIpc) is 3.25. The van der Waals surface area contributed by atoms with Crippen LogP contribution in [0, 0.1) is 0 Å². The number of thiazole rings is 1. The molecule has 22 heavy (non-hydrogen) atoms. The largest absolute Gasteiger partial charge is 0.462 e. The Labute approximate surface area is 131 Å². The van der Waals surface area contributed by atoms with Gasteiger partial charge in [-0.3, -0.25) is 4.79 Å². The highest BCUT2D eigenvalue weighted by molar-refractivity contribution is 7.13.